The Morgan fingerprint density at radius 2 is 1.97 bits per heavy atom. The zero-order chi connectivity index (χ0) is 24.9. The van der Waals surface area contributed by atoms with Crippen LogP contribution in [0.15, 0.2) is 29.3 Å². The molecule has 1 unspecified atom stereocenters. The van der Waals surface area contributed by atoms with Gasteiger partial charge in [0.15, 0.2) is 0 Å². The molecule has 1 heterocycles. The largest absolute Gasteiger partial charge is 0.443 e. The molecule has 1 aromatic rings. The fraction of sp³-hybridized carbons (Fsp3) is 0.571. The monoisotopic (exact) mass is 487 g/mol. The van der Waals surface area contributed by atoms with E-state index in [1.165, 1.54) is 32.4 Å². The van der Waals surface area contributed by atoms with Crippen molar-refractivity contribution >= 4 is 28.4 Å². The highest BCUT2D eigenvalue weighted by atomic mass is 32.2. The average Bonchev–Trinajstić information content (AvgIpc) is 2.70. The molecular formula is C21H30FN3O7S. The third-order valence-electron chi connectivity index (χ3n) is 4.74. The molecule has 0 bridgehead atoms. The summed E-state index contributed by atoms with van der Waals surface area (Å²) in [5, 5.41) is 0. The van der Waals surface area contributed by atoms with E-state index in [9.17, 15) is 22.4 Å². The summed E-state index contributed by atoms with van der Waals surface area (Å²) in [6.45, 7) is 4.86. The van der Waals surface area contributed by atoms with E-state index in [4.69, 9.17) is 14.2 Å². The molecule has 0 saturated heterocycles. The molecule has 10 nitrogen and oxygen atoms in total. The molecule has 0 aromatic heterocycles. The van der Waals surface area contributed by atoms with E-state index in [0.29, 0.717) is 6.29 Å². The van der Waals surface area contributed by atoms with Crippen molar-refractivity contribution in [2.45, 2.75) is 38.3 Å². The number of halogens is 1. The van der Waals surface area contributed by atoms with Crippen LogP contribution in [0.25, 0.3) is 0 Å². The number of benzene rings is 1. The van der Waals surface area contributed by atoms with E-state index in [-0.39, 0.29) is 24.7 Å². The highest BCUT2D eigenvalue weighted by molar-refractivity contribution is 7.89. The summed E-state index contributed by atoms with van der Waals surface area (Å²) >= 11 is 0. The number of hydrogen-bond acceptors (Lipinski definition) is 8. The molecule has 1 aromatic carbocycles. The van der Waals surface area contributed by atoms with Crippen LogP contribution in [0.3, 0.4) is 0 Å². The lowest BCUT2D eigenvalue weighted by Gasteiger charge is -2.40. The number of aliphatic imine (C=N–C) groups is 1. The van der Waals surface area contributed by atoms with Crippen molar-refractivity contribution in [1.82, 2.24) is 9.21 Å². The van der Waals surface area contributed by atoms with E-state index in [2.05, 4.69) is 4.99 Å². The van der Waals surface area contributed by atoms with Crippen LogP contribution in [0.1, 0.15) is 32.8 Å². The fourth-order valence-corrected chi connectivity index (χ4v) is 4.71. The maximum absolute atomic E-state index is 14.8. The second-order valence-electron chi connectivity index (χ2n) is 8.46. The Hall–Kier alpha value is -2.57. The van der Waals surface area contributed by atoms with E-state index < -0.39 is 52.0 Å². The standard InChI is InChI=1S/C21H30FN3O7S/c1-20(2,3)32-19(27)25(15-31-13-12-30-5)18-23-21(10-11-26,14-33(28,29)24(18)4)16-8-6-7-9-17(16)22/h6-9,11H,10,12-15H2,1-5H3. The van der Waals surface area contributed by atoms with Gasteiger partial charge in [0.1, 0.15) is 30.0 Å². The summed E-state index contributed by atoms with van der Waals surface area (Å²) in [7, 11) is -1.43. The molecule has 1 atom stereocenters. The van der Waals surface area contributed by atoms with Crippen LogP contribution in [0.5, 0.6) is 0 Å². The number of hydrogen-bond donors (Lipinski definition) is 0. The van der Waals surface area contributed by atoms with E-state index in [1.807, 2.05) is 0 Å². The van der Waals surface area contributed by atoms with Gasteiger partial charge < -0.3 is 19.0 Å². The molecule has 33 heavy (non-hydrogen) atoms. The number of sulfonamides is 1. The van der Waals surface area contributed by atoms with Gasteiger partial charge >= 0.3 is 6.09 Å². The third kappa shape index (κ3) is 6.49. The van der Waals surface area contributed by atoms with Gasteiger partial charge in [0, 0.05) is 26.1 Å². The summed E-state index contributed by atoms with van der Waals surface area (Å²) in [6.07, 6.45) is -0.866. The van der Waals surface area contributed by atoms with Gasteiger partial charge in [0.25, 0.3) is 0 Å². The van der Waals surface area contributed by atoms with Crippen LogP contribution in [-0.4, -0.2) is 81.4 Å². The number of carbonyl (C=O) groups is 2. The third-order valence-corrected chi connectivity index (χ3v) is 6.58. The van der Waals surface area contributed by atoms with Crippen molar-refractivity contribution in [2.24, 2.45) is 4.99 Å². The number of ether oxygens (including phenoxy) is 3. The zero-order valence-corrected chi connectivity index (χ0v) is 20.2. The number of amides is 1. The number of methoxy groups -OCH3 is 1. The summed E-state index contributed by atoms with van der Waals surface area (Å²) in [6, 6.07) is 5.48. The van der Waals surface area contributed by atoms with E-state index >= 15 is 0 Å². The second-order valence-corrected chi connectivity index (χ2v) is 10.5. The highest BCUT2D eigenvalue weighted by Crippen LogP contribution is 2.37. The summed E-state index contributed by atoms with van der Waals surface area (Å²) in [4.78, 5) is 29.9. The Kier molecular flexibility index (Phi) is 8.55. The van der Waals surface area contributed by atoms with E-state index in [1.54, 1.807) is 20.8 Å². The van der Waals surface area contributed by atoms with Gasteiger partial charge in [-0.15, -0.1) is 0 Å². The molecule has 0 radical (unpaired) electrons. The predicted molar refractivity (Wildman–Crippen MR) is 119 cm³/mol. The molecule has 0 aliphatic carbocycles. The summed E-state index contributed by atoms with van der Waals surface area (Å²) in [5.41, 5.74) is -2.75. The van der Waals surface area contributed by atoms with Gasteiger partial charge in [0.05, 0.1) is 19.0 Å². The quantitative estimate of drug-likeness (QED) is 0.313. The molecular weight excluding hydrogens is 457 g/mol. The normalized spacial score (nSPS) is 20.2. The molecule has 0 fully saturated rings. The first-order valence-corrected chi connectivity index (χ1v) is 11.8. The first-order valence-electron chi connectivity index (χ1n) is 10.2. The molecule has 1 amide bonds. The summed E-state index contributed by atoms with van der Waals surface area (Å²) in [5.74, 6) is -1.73. The van der Waals surface area contributed by atoms with Crippen molar-refractivity contribution in [3.8, 4) is 0 Å². The minimum absolute atomic E-state index is 0.0734. The lowest BCUT2D eigenvalue weighted by atomic mass is 9.89. The van der Waals surface area contributed by atoms with Crippen LogP contribution in [0.2, 0.25) is 0 Å². The SMILES string of the molecule is COCCOCN(C(=O)OC(C)(C)C)C1=NC(CC=O)(c2ccccc2F)CS(=O)(=O)N1C. The van der Waals surface area contributed by atoms with Crippen LogP contribution in [-0.2, 0) is 34.6 Å². The molecule has 0 saturated carbocycles. The van der Waals surface area contributed by atoms with Gasteiger partial charge in [-0.25, -0.2) is 31.8 Å². The number of aldehydes is 1. The minimum Gasteiger partial charge on any atom is -0.443 e. The lowest BCUT2D eigenvalue weighted by molar-refractivity contribution is -0.108. The van der Waals surface area contributed by atoms with Crippen LogP contribution >= 0.6 is 0 Å². The van der Waals surface area contributed by atoms with Crippen LogP contribution in [0.4, 0.5) is 9.18 Å². The average molecular weight is 488 g/mol. The maximum Gasteiger partial charge on any atom is 0.419 e. The Morgan fingerprint density at radius 3 is 2.55 bits per heavy atom. The Bertz CT molecular complexity index is 994. The number of nitrogens with zero attached hydrogens (tertiary/aromatic N) is 3. The maximum atomic E-state index is 14.8. The van der Waals surface area contributed by atoms with Gasteiger partial charge in [0.2, 0.25) is 16.0 Å². The Morgan fingerprint density at radius 1 is 1.30 bits per heavy atom. The molecule has 0 N–H and O–H groups in total. The van der Waals surface area contributed by atoms with Crippen molar-refractivity contribution in [3.05, 3.63) is 35.6 Å². The van der Waals surface area contributed by atoms with Crippen molar-refractivity contribution in [2.75, 3.05) is 39.9 Å². The smallest absolute Gasteiger partial charge is 0.419 e. The van der Waals surface area contributed by atoms with Crippen molar-refractivity contribution < 1.29 is 36.6 Å². The highest BCUT2D eigenvalue weighted by Gasteiger charge is 2.47. The Balaban J connectivity index is 2.66. The first-order chi connectivity index (χ1) is 15.4. The molecule has 1 aliphatic heterocycles. The van der Waals surface area contributed by atoms with Gasteiger partial charge in [-0.3, -0.25) is 0 Å². The van der Waals surface area contributed by atoms with Gasteiger partial charge in [-0.1, -0.05) is 18.2 Å². The second kappa shape index (κ2) is 10.6. The van der Waals surface area contributed by atoms with Crippen LogP contribution in [0, 0.1) is 5.82 Å². The molecule has 2 rings (SSSR count). The van der Waals surface area contributed by atoms with Gasteiger partial charge in [-0.05, 0) is 26.8 Å². The molecule has 1 aliphatic rings. The topological polar surface area (TPSA) is 115 Å². The van der Waals surface area contributed by atoms with Crippen molar-refractivity contribution in [1.29, 1.82) is 0 Å². The van der Waals surface area contributed by atoms with Gasteiger partial charge in [-0.2, -0.15) is 0 Å². The number of guanidine groups is 1. The minimum atomic E-state index is -4.12. The number of carbonyl (C=O) groups excluding carboxylic acids is 2. The van der Waals surface area contributed by atoms with E-state index in [0.717, 1.165) is 15.3 Å². The van der Waals surface area contributed by atoms with Crippen molar-refractivity contribution in [3.63, 3.8) is 0 Å². The zero-order valence-electron chi connectivity index (χ0n) is 19.4. The first kappa shape index (κ1) is 26.7. The Labute approximate surface area is 193 Å². The molecule has 0 spiro atoms. The molecule has 12 heteroatoms. The lowest BCUT2D eigenvalue weighted by Crippen LogP contribution is -2.57. The van der Waals surface area contributed by atoms with Crippen LogP contribution < -0.4 is 0 Å². The fourth-order valence-electron chi connectivity index (χ4n) is 3.18. The molecule has 184 valence electrons. The number of rotatable bonds is 8. The predicted octanol–water partition coefficient (Wildman–Crippen LogP) is 2.10. The summed E-state index contributed by atoms with van der Waals surface area (Å²) < 4.78 is 57.6.